The van der Waals surface area contributed by atoms with Gasteiger partial charge in [-0.25, -0.2) is 8.78 Å². The normalized spacial score (nSPS) is 12.5. The van der Waals surface area contributed by atoms with Crippen LogP contribution in [0, 0.1) is 11.6 Å². The van der Waals surface area contributed by atoms with Gasteiger partial charge in [-0.05, 0) is 42.5 Å². The number of aromatic nitrogens is 1. The van der Waals surface area contributed by atoms with Crippen molar-refractivity contribution in [1.29, 1.82) is 0 Å². The standard InChI is InChI=1S/C16H12F2N2O4S2/c1-24-15(21)9-20-13-7-4-11(18)8-14(13)25-16(20)19-26(22,23)12-5-2-10(17)3-6-12/h2-8H,9H2,1H3. The number of benzene rings is 2. The van der Waals surface area contributed by atoms with Crippen LogP contribution in [0.5, 0.6) is 0 Å². The highest BCUT2D eigenvalue weighted by atomic mass is 32.2. The molecule has 26 heavy (non-hydrogen) atoms. The summed E-state index contributed by atoms with van der Waals surface area (Å²) < 4.78 is 61.5. The van der Waals surface area contributed by atoms with E-state index in [0.717, 1.165) is 35.6 Å². The Kier molecular flexibility index (Phi) is 4.88. The molecule has 6 nitrogen and oxygen atoms in total. The Labute approximate surface area is 151 Å². The van der Waals surface area contributed by atoms with Gasteiger partial charge in [0, 0.05) is 0 Å². The van der Waals surface area contributed by atoms with E-state index in [2.05, 4.69) is 9.13 Å². The largest absolute Gasteiger partial charge is 0.468 e. The number of fused-ring (bicyclic) bond motifs is 1. The number of halogens is 2. The molecule has 3 aromatic rings. The maximum absolute atomic E-state index is 13.5. The zero-order valence-electron chi connectivity index (χ0n) is 13.3. The molecule has 10 heteroatoms. The first kappa shape index (κ1) is 18.2. The summed E-state index contributed by atoms with van der Waals surface area (Å²) in [5, 5.41) is 0. The zero-order valence-corrected chi connectivity index (χ0v) is 15.0. The maximum Gasteiger partial charge on any atom is 0.325 e. The molecule has 1 heterocycles. The van der Waals surface area contributed by atoms with Gasteiger partial charge in [-0.1, -0.05) is 11.3 Å². The second-order valence-electron chi connectivity index (χ2n) is 5.18. The lowest BCUT2D eigenvalue weighted by atomic mass is 10.3. The molecule has 0 aliphatic heterocycles. The molecule has 0 saturated heterocycles. The van der Waals surface area contributed by atoms with Gasteiger partial charge < -0.3 is 9.30 Å². The van der Waals surface area contributed by atoms with E-state index in [1.54, 1.807) is 0 Å². The lowest BCUT2D eigenvalue weighted by Crippen LogP contribution is -2.22. The van der Waals surface area contributed by atoms with Crippen molar-refractivity contribution < 1.29 is 26.7 Å². The molecule has 0 aliphatic rings. The second-order valence-corrected chi connectivity index (χ2v) is 7.79. The number of esters is 1. The molecule has 0 atom stereocenters. The van der Waals surface area contributed by atoms with Crippen molar-refractivity contribution in [1.82, 2.24) is 4.57 Å². The predicted octanol–water partition coefficient (Wildman–Crippen LogP) is 2.44. The average Bonchev–Trinajstić information content (AvgIpc) is 2.90. The quantitative estimate of drug-likeness (QED) is 0.633. The third-order valence-electron chi connectivity index (χ3n) is 3.47. The number of nitrogens with zero attached hydrogens (tertiary/aromatic N) is 2. The number of methoxy groups -OCH3 is 1. The highest BCUT2D eigenvalue weighted by Gasteiger charge is 2.16. The van der Waals surface area contributed by atoms with Gasteiger partial charge in [-0.2, -0.15) is 8.42 Å². The SMILES string of the molecule is COC(=O)Cn1c(=NS(=O)(=O)c2ccc(F)cc2)sc2cc(F)ccc21. The summed E-state index contributed by atoms with van der Waals surface area (Å²) in [6.45, 7) is -0.292. The average molecular weight is 398 g/mol. The van der Waals surface area contributed by atoms with Gasteiger partial charge in [0.25, 0.3) is 10.0 Å². The first-order valence-electron chi connectivity index (χ1n) is 7.22. The Morgan fingerprint density at radius 2 is 1.81 bits per heavy atom. The van der Waals surface area contributed by atoms with Crippen LogP contribution in [0.1, 0.15) is 0 Å². The molecule has 0 fully saturated rings. The number of thiazole rings is 1. The fourth-order valence-corrected chi connectivity index (χ4v) is 4.48. The minimum Gasteiger partial charge on any atom is -0.468 e. The minimum atomic E-state index is -4.15. The number of ether oxygens (including phenoxy) is 1. The second kappa shape index (κ2) is 6.96. The van der Waals surface area contributed by atoms with E-state index in [-0.39, 0.29) is 16.2 Å². The topological polar surface area (TPSA) is 77.7 Å². The number of sulfonamides is 1. The molecule has 0 amide bonds. The molecule has 0 saturated carbocycles. The zero-order chi connectivity index (χ0) is 18.9. The summed E-state index contributed by atoms with van der Waals surface area (Å²) in [5.41, 5.74) is 0.440. The van der Waals surface area contributed by atoms with Gasteiger partial charge in [0.05, 0.1) is 22.2 Å². The van der Waals surface area contributed by atoms with Gasteiger partial charge in [0.1, 0.15) is 18.2 Å². The van der Waals surface area contributed by atoms with E-state index in [1.807, 2.05) is 0 Å². The number of hydrogen-bond donors (Lipinski definition) is 0. The van der Waals surface area contributed by atoms with E-state index >= 15 is 0 Å². The van der Waals surface area contributed by atoms with Gasteiger partial charge in [-0.3, -0.25) is 4.79 Å². The molecule has 1 aromatic heterocycles. The van der Waals surface area contributed by atoms with Crippen LogP contribution >= 0.6 is 11.3 Å². The Hall–Kier alpha value is -2.59. The van der Waals surface area contributed by atoms with E-state index in [4.69, 9.17) is 0 Å². The van der Waals surface area contributed by atoms with Crippen molar-refractivity contribution >= 4 is 37.5 Å². The Balaban J connectivity index is 2.22. The van der Waals surface area contributed by atoms with Crippen LogP contribution in [0.15, 0.2) is 51.8 Å². The van der Waals surface area contributed by atoms with Crippen molar-refractivity contribution in [2.24, 2.45) is 4.40 Å². The van der Waals surface area contributed by atoms with E-state index in [1.165, 1.54) is 29.9 Å². The van der Waals surface area contributed by atoms with Crippen LogP contribution < -0.4 is 4.80 Å². The highest BCUT2D eigenvalue weighted by molar-refractivity contribution is 7.90. The lowest BCUT2D eigenvalue weighted by molar-refractivity contribution is -0.141. The third kappa shape index (κ3) is 3.65. The summed E-state index contributed by atoms with van der Waals surface area (Å²) >= 11 is 0.911. The monoisotopic (exact) mass is 398 g/mol. The Morgan fingerprint density at radius 3 is 2.46 bits per heavy atom. The van der Waals surface area contributed by atoms with E-state index in [0.29, 0.717) is 10.2 Å². The molecule has 0 radical (unpaired) electrons. The first-order chi connectivity index (χ1) is 12.3. The van der Waals surface area contributed by atoms with Crippen molar-refractivity contribution in [2.45, 2.75) is 11.4 Å². The van der Waals surface area contributed by atoms with E-state index in [9.17, 15) is 22.0 Å². The fraction of sp³-hybridized carbons (Fsp3) is 0.125. The number of rotatable bonds is 4. The molecule has 136 valence electrons. The van der Waals surface area contributed by atoms with Crippen molar-refractivity contribution in [3.63, 3.8) is 0 Å². The summed E-state index contributed by atoms with van der Waals surface area (Å²) in [5.74, 6) is -1.70. The molecular weight excluding hydrogens is 386 g/mol. The molecular formula is C16H12F2N2O4S2. The highest BCUT2D eigenvalue weighted by Crippen LogP contribution is 2.20. The van der Waals surface area contributed by atoms with Crippen LogP contribution in [-0.4, -0.2) is 26.1 Å². The third-order valence-corrected chi connectivity index (χ3v) is 5.91. The molecule has 0 aliphatic carbocycles. The molecule has 3 rings (SSSR count). The minimum absolute atomic E-state index is 0.0275. The number of hydrogen-bond acceptors (Lipinski definition) is 5. The van der Waals surface area contributed by atoms with Crippen LogP contribution in [0.4, 0.5) is 8.78 Å². The lowest BCUT2D eigenvalue weighted by Gasteiger charge is -2.04. The maximum atomic E-state index is 13.5. The smallest absolute Gasteiger partial charge is 0.325 e. The summed E-state index contributed by atoms with van der Waals surface area (Å²) in [4.78, 5) is 11.4. The van der Waals surface area contributed by atoms with Crippen molar-refractivity contribution in [2.75, 3.05) is 7.11 Å². The summed E-state index contributed by atoms with van der Waals surface area (Å²) in [6, 6.07) is 8.03. The molecule has 0 N–H and O–H groups in total. The van der Waals surface area contributed by atoms with Crippen molar-refractivity contribution in [3.8, 4) is 0 Å². The van der Waals surface area contributed by atoms with Gasteiger partial charge in [0.2, 0.25) is 4.80 Å². The van der Waals surface area contributed by atoms with Gasteiger partial charge in [0.15, 0.2) is 0 Å². The van der Waals surface area contributed by atoms with Crippen molar-refractivity contribution in [3.05, 3.63) is 58.9 Å². The number of carbonyl (C=O) groups is 1. The predicted molar refractivity (Wildman–Crippen MR) is 90.9 cm³/mol. The molecule has 0 bridgehead atoms. The summed E-state index contributed by atoms with van der Waals surface area (Å²) in [7, 11) is -2.95. The van der Waals surface area contributed by atoms with Gasteiger partial charge in [-0.15, -0.1) is 4.40 Å². The van der Waals surface area contributed by atoms with Crippen LogP contribution in [0.2, 0.25) is 0 Å². The van der Waals surface area contributed by atoms with Crippen LogP contribution in [0.25, 0.3) is 10.2 Å². The molecule has 0 spiro atoms. The molecule has 0 unspecified atom stereocenters. The van der Waals surface area contributed by atoms with Gasteiger partial charge >= 0.3 is 5.97 Å². The Bertz CT molecular complexity index is 1150. The molecule has 2 aromatic carbocycles. The van der Waals surface area contributed by atoms with Crippen LogP contribution in [0.3, 0.4) is 0 Å². The fourth-order valence-electron chi connectivity index (χ4n) is 2.23. The summed E-state index contributed by atoms with van der Waals surface area (Å²) in [6.07, 6.45) is 0. The van der Waals surface area contributed by atoms with Crippen LogP contribution in [-0.2, 0) is 26.1 Å². The number of carbonyl (C=O) groups excluding carboxylic acids is 1. The Morgan fingerprint density at radius 1 is 1.15 bits per heavy atom. The van der Waals surface area contributed by atoms with E-state index < -0.39 is 27.6 Å². The first-order valence-corrected chi connectivity index (χ1v) is 9.48.